The number of fused-ring (bicyclic) bond motifs is 1. The summed E-state index contributed by atoms with van der Waals surface area (Å²) in [4.78, 5) is 4.18. The molecule has 0 atom stereocenters. The fraction of sp³-hybridized carbons (Fsp3) is 0.143. The predicted molar refractivity (Wildman–Crippen MR) is 72.3 cm³/mol. The van der Waals surface area contributed by atoms with Crippen LogP contribution in [0.1, 0.15) is 5.82 Å². The van der Waals surface area contributed by atoms with E-state index in [-0.39, 0.29) is 0 Å². The van der Waals surface area contributed by atoms with Gasteiger partial charge in [0.25, 0.3) is 0 Å². The van der Waals surface area contributed by atoms with Crippen LogP contribution in [0.25, 0.3) is 10.8 Å². The molecule has 1 aromatic heterocycles. The van der Waals surface area contributed by atoms with E-state index in [9.17, 15) is 0 Å². The van der Waals surface area contributed by atoms with Crippen molar-refractivity contribution in [3.8, 4) is 0 Å². The van der Waals surface area contributed by atoms with Crippen LogP contribution in [0.15, 0.2) is 48.8 Å². The Balaban J connectivity index is 1.81. The fourth-order valence-corrected chi connectivity index (χ4v) is 1.96. The Morgan fingerprint density at radius 2 is 1.94 bits per heavy atom. The Morgan fingerprint density at radius 1 is 1.11 bits per heavy atom. The van der Waals surface area contributed by atoms with Crippen molar-refractivity contribution < 1.29 is 0 Å². The van der Waals surface area contributed by atoms with Gasteiger partial charge in [-0.15, -0.1) is 0 Å². The van der Waals surface area contributed by atoms with Gasteiger partial charge >= 0.3 is 0 Å². The summed E-state index contributed by atoms with van der Waals surface area (Å²) in [5, 5.41) is 9.89. The maximum absolute atomic E-state index is 4.18. The average molecular weight is 238 g/mol. The molecule has 1 N–H and O–H groups in total. The largest absolute Gasteiger partial charge is 0.378 e. The van der Waals surface area contributed by atoms with Crippen LogP contribution in [0, 0.1) is 0 Å². The second-order valence-corrected chi connectivity index (χ2v) is 4.22. The molecule has 2 aromatic carbocycles. The Hall–Kier alpha value is -2.36. The van der Waals surface area contributed by atoms with E-state index in [0.29, 0.717) is 6.54 Å². The zero-order valence-corrected chi connectivity index (χ0v) is 10.2. The van der Waals surface area contributed by atoms with E-state index >= 15 is 0 Å². The second-order valence-electron chi connectivity index (χ2n) is 4.22. The van der Waals surface area contributed by atoms with E-state index in [4.69, 9.17) is 0 Å². The first-order valence-electron chi connectivity index (χ1n) is 5.88. The number of hydrogen-bond acceptors (Lipinski definition) is 3. The van der Waals surface area contributed by atoms with E-state index in [0.717, 1.165) is 11.5 Å². The number of anilines is 1. The number of benzene rings is 2. The summed E-state index contributed by atoms with van der Waals surface area (Å²) < 4.78 is 1.77. The minimum absolute atomic E-state index is 0.675. The van der Waals surface area contributed by atoms with Gasteiger partial charge in [-0.05, 0) is 22.9 Å². The molecule has 90 valence electrons. The van der Waals surface area contributed by atoms with Crippen LogP contribution in [0.2, 0.25) is 0 Å². The molecule has 0 unspecified atom stereocenters. The van der Waals surface area contributed by atoms with Crippen molar-refractivity contribution in [2.45, 2.75) is 6.54 Å². The molecule has 4 heteroatoms. The summed E-state index contributed by atoms with van der Waals surface area (Å²) in [7, 11) is 1.89. The quantitative estimate of drug-likeness (QED) is 0.762. The SMILES string of the molecule is Cn1ncnc1CNc1ccc2ccccc2c1. The molecular weight excluding hydrogens is 224 g/mol. The molecule has 0 bridgehead atoms. The van der Waals surface area contributed by atoms with Crippen LogP contribution in [-0.2, 0) is 13.6 Å². The van der Waals surface area contributed by atoms with Gasteiger partial charge in [0.15, 0.2) is 0 Å². The third kappa shape index (κ3) is 2.05. The molecule has 0 fully saturated rings. The highest BCUT2D eigenvalue weighted by Gasteiger charge is 2.00. The van der Waals surface area contributed by atoms with Crippen molar-refractivity contribution in [3.63, 3.8) is 0 Å². The highest BCUT2D eigenvalue weighted by molar-refractivity contribution is 5.85. The fourth-order valence-electron chi connectivity index (χ4n) is 1.96. The van der Waals surface area contributed by atoms with Crippen LogP contribution in [0.3, 0.4) is 0 Å². The number of rotatable bonds is 3. The molecule has 0 spiro atoms. The van der Waals surface area contributed by atoms with E-state index in [1.807, 2.05) is 7.05 Å². The number of nitrogens with one attached hydrogen (secondary N) is 1. The van der Waals surface area contributed by atoms with Gasteiger partial charge < -0.3 is 5.32 Å². The number of hydrogen-bond donors (Lipinski definition) is 1. The lowest BCUT2D eigenvalue weighted by Gasteiger charge is -2.07. The zero-order valence-electron chi connectivity index (χ0n) is 10.2. The molecular formula is C14H14N4. The molecule has 3 aromatic rings. The topological polar surface area (TPSA) is 42.7 Å². The number of aromatic nitrogens is 3. The van der Waals surface area contributed by atoms with Crippen molar-refractivity contribution >= 4 is 16.5 Å². The minimum Gasteiger partial charge on any atom is -0.378 e. The molecule has 1 heterocycles. The molecule has 0 aliphatic carbocycles. The first-order valence-corrected chi connectivity index (χ1v) is 5.88. The summed E-state index contributed by atoms with van der Waals surface area (Å²) in [5.74, 6) is 0.920. The third-order valence-corrected chi connectivity index (χ3v) is 3.01. The van der Waals surface area contributed by atoms with E-state index in [2.05, 4.69) is 57.9 Å². The lowest BCUT2D eigenvalue weighted by molar-refractivity contribution is 0.712. The zero-order chi connectivity index (χ0) is 12.4. The van der Waals surface area contributed by atoms with Crippen molar-refractivity contribution in [2.24, 2.45) is 7.05 Å². The van der Waals surface area contributed by atoms with Crippen LogP contribution in [0.4, 0.5) is 5.69 Å². The average Bonchev–Trinajstić information content (AvgIpc) is 2.82. The molecule has 0 saturated heterocycles. The molecule has 3 rings (SSSR count). The molecule has 0 aliphatic rings. The molecule has 0 aliphatic heterocycles. The van der Waals surface area contributed by atoms with Gasteiger partial charge in [-0.25, -0.2) is 4.98 Å². The highest BCUT2D eigenvalue weighted by Crippen LogP contribution is 2.19. The van der Waals surface area contributed by atoms with Gasteiger partial charge in [0.2, 0.25) is 0 Å². The predicted octanol–water partition coefficient (Wildman–Crippen LogP) is 2.58. The Bertz CT molecular complexity index is 672. The number of nitrogens with zero attached hydrogens (tertiary/aromatic N) is 3. The summed E-state index contributed by atoms with van der Waals surface area (Å²) in [6, 6.07) is 14.7. The minimum atomic E-state index is 0.675. The van der Waals surface area contributed by atoms with Crippen molar-refractivity contribution in [1.29, 1.82) is 0 Å². The summed E-state index contributed by atoms with van der Waals surface area (Å²) in [5.41, 5.74) is 1.09. The van der Waals surface area contributed by atoms with Gasteiger partial charge in [-0.1, -0.05) is 30.3 Å². The summed E-state index contributed by atoms with van der Waals surface area (Å²) in [6.07, 6.45) is 1.57. The van der Waals surface area contributed by atoms with Crippen LogP contribution in [-0.4, -0.2) is 14.8 Å². The molecule has 18 heavy (non-hydrogen) atoms. The molecule has 0 saturated carbocycles. The van der Waals surface area contributed by atoms with E-state index in [1.54, 1.807) is 11.0 Å². The Labute approximate surface area is 105 Å². The van der Waals surface area contributed by atoms with Gasteiger partial charge in [0, 0.05) is 12.7 Å². The lowest BCUT2D eigenvalue weighted by Crippen LogP contribution is -2.06. The van der Waals surface area contributed by atoms with Crippen LogP contribution < -0.4 is 5.32 Å². The summed E-state index contributed by atoms with van der Waals surface area (Å²) >= 11 is 0. The van der Waals surface area contributed by atoms with Gasteiger partial charge in [-0.3, -0.25) is 4.68 Å². The monoisotopic (exact) mass is 238 g/mol. The smallest absolute Gasteiger partial charge is 0.145 e. The van der Waals surface area contributed by atoms with Crippen LogP contribution in [0.5, 0.6) is 0 Å². The maximum atomic E-state index is 4.18. The summed E-state index contributed by atoms with van der Waals surface area (Å²) in [6.45, 7) is 0.675. The van der Waals surface area contributed by atoms with E-state index < -0.39 is 0 Å². The van der Waals surface area contributed by atoms with Gasteiger partial charge in [0.1, 0.15) is 12.2 Å². The van der Waals surface area contributed by atoms with Gasteiger partial charge in [0.05, 0.1) is 6.54 Å². The normalized spacial score (nSPS) is 10.7. The van der Waals surface area contributed by atoms with Gasteiger partial charge in [-0.2, -0.15) is 5.10 Å². The van der Waals surface area contributed by atoms with Crippen molar-refractivity contribution in [1.82, 2.24) is 14.8 Å². The standard InChI is InChI=1S/C14H14N4/c1-18-14(16-10-17-18)9-15-13-7-6-11-4-2-3-5-12(11)8-13/h2-8,10,15H,9H2,1H3. The van der Waals surface area contributed by atoms with Crippen molar-refractivity contribution in [2.75, 3.05) is 5.32 Å². The van der Waals surface area contributed by atoms with Crippen LogP contribution >= 0.6 is 0 Å². The molecule has 0 radical (unpaired) electrons. The lowest BCUT2D eigenvalue weighted by atomic mass is 10.1. The first-order chi connectivity index (χ1) is 8.83. The third-order valence-electron chi connectivity index (χ3n) is 3.01. The molecule has 4 nitrogen and oxygen atoms in total. The van der Waals surface area contributed by atoms with Crippen molar-refractivity contribution in [3.05, 3.63) is 54.6 Å². The first kappa shape index (κ1) is 10.8. The Kier molecular flexibility index (Phi) is 2.68. The van der Waals surface area contributed by atoms with E-state index in [1.165, 1.54) is 10.8 Å². The second kappa shape index (κ2) is 4.49. The molecule has 0 amide bonds. The highest BCUT2D eigenvalue weighted by atomic mass is 15.3. The maximum Gasteiger partial charge on any atom is 0.145 e. The number of aryl methyl sites for hydroxylation is 1. The Morgan fingerprint density at radius 3 is 2.72 bits per heavy atom.